The predicted octanol–water partition coefficient (Wildman–Crippen LogP) is 3.53. The molecule has 0 fully saturated rings. The van der Waals surface area contributed by atoms with E-state index in [0.717, 1.165) is 5.56 Å². The Morgan fingerprint density at radius 2 is 1.67 bits per heavy atom. The zero-order valence-electron chi connectivity index (χ0n) is 12.0. The zero-order chi connectivity index (χ0) is 15.4. The number of amides is 1. The molecular formula is C17H18ClNO2. The number of likely N-dealkylation sites (N-methyl/N-ethyl adjacent to an activating group) is 1. The van der Waals surface area contributed by atoms with Gasteiger partial charge >= 0.3 is 0 Å². The highest BCUT2D eigenvalue weighted by atomic mass is 35.5. The molecule has 0 radical (unpaired) electrons. The molecule has 2 aromatic rings. The molecule has 0 aliphatic heterocycles. The van der Waals surface area contributed by atoms with E-state index in [1.807, 2.05) is 37.3 Å². The van der Waals surface area contributed by atoms with Crippen molar-refractivity contribution in [1.82, 2.24) is 4.90 Å². The summed E-state index contributed by atoms with van der Waals surface area (Å²) in [6.45, 7) is 1.82. The Morgan fingerprint density at radius 3 is 2.24 bits per heavy atom. The van der Waals surface area contributed by atoms with Gasteiger partial charge in [-0.1, -0.05) is 41.9 Å². The van der Waals surface area contributed by atoms with Crippen LogP contribution in [0.15, 0.2) is 54.6 Å². The lowest BCUT2D eigenvalue weighted by Gasteiger charge is -2.29. The topological polar surface area (TPSA) is 40.5 Å². The number of aliphatic hydroxyl groups is 1. The van der Waals surface area contributed by atoms with Gasteiger partial charge in [-0.2, -0.15) is 0 Å². The second-order valence-electron chi connectivity index (χ2n) is 5.02. The molecule has 0 saturated carbocycles. The van der Waals surface area contributed by atoms with Gasteiger partial charge in [-0.05, 0) is 36.8 Å². The molecule has 0 aliphatic rings. The first-order valence-electron chi connectivity index (χ1n) is 6.76. The van der Waals surface area contributed by atoms with Crippen LogP contribution in [0.2, 0.25) is 5.02 Å². The number of carbonyl (C=O) groups excluding carboxylic acids is 1. The van der Waals surface area contributed by atoms with Crippen molar-refractivity contribution in [1.29, 1.82) is 0 Å². The number of carbonyl (C=O) groups is 1. The molecule has 21 heavy (non-hydrogen) atoms. The lowest BCUT2D eigenvalue weighted by Crippen LogP contribution is -2.39. The summed E-state index contributed by atoms with van der Waals surface area (Å²) >= 11 is 5.82. The van der Waals surface area contributed by atoms with Crippen molar-refractivity contribution >= 4 is 17.5 Å². The number of benzene rings is 2. The Morgan fingerprint density at radius 1 is 1.10 bits per heavy atom. The van der Waals surface area contributed by atoms with E-state index in [4.69, 9.17) is 11.6 Å². The van der Waals surface area contributed by atoms with Crippen molar-refractivity contribution in [2.45, 2.75) is 19.1 Å². The number of aliphatic hydroxyl groups excluding tert-OH is 1. The Kier molecular flexibility index (Phi) is 4.99. The van der Waals surface area contributed by atoms with E-state index in [1.54, 1.807) is 36.2 Å². The molecule has 0 saturated heterocycles. The first kappa shape index (κ1) is 15.5. The highest BCUT2D eigenvalue weighted by Crippen LogP contribution is 2.21. The fourth-order valence-corrected chi connectivity index (χ4v) is 2.25. The molecule has 1 amide bonds. The van der Waals surface area contributed by atoms with Crippen LogP contribution in [-0.2, 0) is 0 Å². The molecule has 2 aromatic carbocycles. The third-order valence-corrected chi connectivity index (χ3v) is 3.87. The fraction of sp³-hybridized carbons (Fsp3) is 0.235. The molecule has 1 N–H and O–H groups in total. The first-order valence-corrected chi connectivity index (χ1v) is 7.14. The van der Waals surface area contributed by atoms with Gasteiger partial charge in [-0.15, -0.1) is 0 Å². The molecule has 3 nitrogen and oxygen atoms in total. The fourth-order valence-electron chi connectivity index (χ4n) is 2.12. The zero-order valence-corrected chi connectivity index (χ0v) is 12.8. The van der Waals surface area contributed by atoms with E-state index in [9.17, 15) is 9.90 Å². The van der Waals surface area contributed by atoms with E-state index in [-0.39, 0.29) is 11.9 Å². The van der Waals surface area contributed by atoms with Crippen molar-refractivity contribution < 1.29 is 9.90 Å². The van der Waals surface area contributed by atoms with Crippen LogP contribution in [0, 0.1) is 0 Å². The van der Waals surface area contributed by atoms with Gasteiger partial charge in [-0.25, -0.2) is 0 Å². The SMILES string of the molecule is CC(C(O)c1ccccc1)N(C)C(=O)c1ccc(Cl)cc1. The molecule has 2 atom stereocenters. The molecule has 2 unspecified atom stereocenters. The van der Waals surface area contributed by atoms with Crippen LogP contribution in [0.3, 0.4) is 0 Å². The molecule has 0 heterocycles. The quantitative estimate of drug-likeness (QED) is 0.938. The summed E-state index contributed by atoms with van der Waals surface area (Å²) < 4.78 is 0. The average Bonchev–Trinajstić information content (AvgIpc) is 2.53. The minimum atomic E-state index is -0.729. The summed E-state index contributed by atoms with van der Waals surface area (Å²) in [4.78, 5) is 13.9. The monoisotopic (exact) mass is 303 g/mol. The van der Waals surface area contributed by atoms with Gasteiger partial charge in [-0.3, -0.25) is 4.79 Å². The first-order chi connectivity index (χ1) is 10.0. The maximum Gasteiger partial charge on any atom is 0.253 e. The second-order valence-corrected chi connectivity index (χ2v) is 5.46. The minimum absolute atomic E-state index is 0.144. The Hall–Kier alpha value is -1.84. The summed E-state index contributed by atoms with van der Waals surface area (Å²) in [6, 6.07) is 15.7. The molecule has 0 bridgehead atoms. The van der Waals surface area contributed by atoms with Gasteiger partial charge in [0, 0.05) is 17.6 Å². The lowest BCUT2D eigenvalue weighted by molar-refractivity contribution is 0.0487. The third-order valence-electron chi connectivity index (χ3n) is 3.62. The summed E-state index contributed by atoms with van der Waals surface area (Å²) in [6.07, 6.45) is -0.729. The number of rotatable bonds is 4. The standard InChI is InChI=1S/C17H18ClNO2/c1-12(16(20)13-6-4-3-5-7-13)19(2)17(21)14-8-10-15(18)11-9-14/h3-12,16,20H,1-2H3. The van der Waals surface area contributed by atoms with E-state index in [0.29, 0.717) is 10.6 Å². The van der Waals surface area contributed by atoms with Crippen LogP contribution in [-0.4, -0.2) is 29.0 Å². The van der Waals surface area contributed by atoms with Gasteiger partial charge in [0.05, 0.1) is 12.1 Å². The van der Waals surface area contributed by atoms with Gasteiger partial charge in [0.1, 0.15) is 0 Å². The smallest absolute Gasteiger partial charge is 0.253 e. The molecule has 0 spiro atoms. The Bertz CT molecular complexity index is 598. The van der Waals surface area contributed by atoms with Crippen LogP contribution < -0.4 is 0 Å². The Labute approximate surface area is 129 Å². The largest absolute Gasteiger partial charge is 0.386 e. The molecular weight excluding hydrogens is 286 g/mol. The molecule has 4 heteroatoms. The second kappa shape index (κ2) is 6.74. The number of hydrogen-bond acceptors (Lipinski definition) is 2. The van der Waals surface area contributed by atoms with Crippen LogP contribution in [0.5, 0.6) is 0 Å². The third kappa shape index (κ3) is 3.63. The van der Waals surface area contributed by atoms with Crippen LogP contribution in [0.1, 0.15) is 28.9 Å². The van der Waals surface area contributed by atoms with Gasteiger partial charge < -0.3 is 10.0 Å². The normalized spacial score (nSPS) is 13.5. The maximum absolute atomic E-state index is 12.4. The highest BCUT2D eigenvalue weighted by molar-refractivity contribution is 6.30. The van der Waals surface area contributed by atoms with Crippen molar-refractivity contribution in [2.75, 3.05) is 7.05 Å². The van der Waals surface area contributed by atoms with Crippen molar-refractivity contribution in [3.63, 3.8) is 0 Å². The van der Waals surface area contributed by atoms with E-state index < -0.39 is 6.10 Å². The highest BCUT2D eigenvalue weighted by Gasteiger charge is 2.24. The van der Waals surface area contributed by atoms with E-state index >= 15 is 0 Å². The van der Waals surface area contributed by atoms with Crippen molar-refractivity contribution in [3.8, 4) is 0 Å². The van der Waals surface area contributed by atoms with E-state index in [1.165, 1.54) is 0 Å². The number of hydrogen-bond donors (Lipinski definition) is 1. The molecule has 0 aromatic heterocycles. The van der Waals surface area contributed by atoms with Crippen molar-refractivity contribution in [3.05, 3.63) is 70.7 Å². The minimum Gasteiger partial charge on any atom is -0.386 e. The number of halogens is 1. The average molecular weight is 304 g/mol. The number of nitrogens with zero attached hydrogens (tertiary/aromatic N) is 1. The van der Waals surface area contributed by atoms with Crippen molar-refractivity contribution in [2.24, 2.45) is 0 Å². The van der Waals surface area contributed by atoms with Gasteiger partial charge in [0.15, 0.2) is 0 Å². The maximum atomic E-state index is 12.4. The predicted molar refractivity (Wildman–Crippen MR) is 84.4 cm³/mol. The van der Waals surface area contributed by atoms with Gasteiger partial charge in [0.25, 0.3) is 5.91 Å². The summed E-state index contributed by atoms with van der Waals surface area (Å²) in [7, 11) is 1.69. The summed E-state index contributed by atoms with van der Waals surface area (Å²) in [5.41, 5.74) is 1.34. The van der Waals surface area contributed by atoms with Gasteiger partial charge in [0.2, 0.25) is 0 Å². The lowest BCUT2D eigenvalue weighted by atomic mass is 10.0. The van der Waals surface area contributed by atoms with Crippen LogP contribution in [0.4, 0.5) is 0 Å². The van der Waals surface area contributed by atoms with Crippen LogP contribution in [0.25, 0.3) is 0 Å². The summed E-state index contributed by atoms with van der Waals surface area (Å²) in [5, 5.41) is 11.0. The molecule has 2 rings (SSSR count). The summed E-state index contributed by atoms with van der Waals surface area (Å²) in [5.74, 6) is -0.144. The molecule has 110 valence electrons. The van der Waals surface area contributed by atoms with E-state index in [2.05, 4.69) is 0 Å². The Balaban J connectivity index is 2.13. The van der Waals surface area contributed by atoms with Crippen LogP contribution >= 0.6 is 11.6 Å². The molecule has 0 aliphatic carbocycles.